The third kappa shape index (κ3) is 18.4. The van der Waals surface area contributed by atoms with E-state index in [0.717, 1.165) is 30.7 Å². The second-order valence-electron chi connectivity index (χ2n) is 16.6. The molecule has 1 unspecified atom stereocenters. The van der Waals surface area contributed by atoms with Crippen LogP contribution in [0.2, 0.25) is 0 Å². The maximum Gasteiger partial charge on any atom is 0.315 e. The first-order valence-electron chi connectivity index (χ1n) is 22.6. The Morgan fingerprint density at radius 2 is 1.52 bits per heavy atom. The molecule has 15 N–H and O–H groups in total. The van der Waals surface area contributed by atoms with Crippen molar-refractivity contribution in [3.8, 4) is 5.75 Å². The summed E-state index contributed by atoms with van der Waals surface area (Å²) in [6, 6.07) is 0.574. The molecule has 0 spiro atoms. The van der Waals surface area contributed by atoms with Crippen molar-refractivity contribution in [2.45, 2.75) is 116 Å². The predicted octanol–water partition coefficient (Wildman–Crippen LogP) is -3.85. The maximum atomic E-state index is 13.8. The van der Waals surface area contributed by atoms with E-state index in [0.29, 0.717) is 43.2 Å². The zero-order valence-corrected chi connectivity index (χ0v) is 40.4. The number of carbonyl (C=O) groups is 10. The Balaban J connectivity index is 1.25. The molecule has 2 fully saturated rings. The summed E-state index contributed by atoms with van der Waals surface area (Å²) in [7, 11) is -3.36. The topological polar surface area (TPSA) is 423 Å². The van der Waals surface area contributed by atoms with Crippen molar-refractivity contribution < 1.29 is 66.3 Å². The number of primary amides is 2. The van der Waals surface area contributed by atoms with Crippen LogP contribution in [0.15, 0.2) is 41.7 Å². The molecule has 71 heavy (non-hydrogen) atoms. The molecule has 27 nitrogen and oxygen atoms in total. The number of hydrogen-bond acceptors (Lipinski definition) is 16. The van der Waals surface area contributed by atoms with E-state index in [9.17, 15) is 56.4 Å². The van der Waals surface area contributed by atoms with E-state index in [1.54, 1.807) is 0 Å². The fourth-order valence-electron chi connectivity index (χ4n) is 7.53. The van der Waals surface area contributed by atoms with Crippen molar-refractivity contribution in [3.63, 3.8) is 0 Å². The summed E-state index contributed by atoms with van der Waals surface area (Å²) < 4.78 is 32.3. The number of imidazole rings is 1. The SMILES string of the molecule is COc1ccc(S(=O)(=O)C(CC(=O)NO)C(=O)N[C@@H](CCC(N)=O)C(=O)N[C@@H](Cc2cnc[nH]2)C(=O)NCC(=O)NCC(=O)N[C@@H](CCCCNC(=O)CCCC[C@@H]2SC[C@@H]3NC(=O)N[C@@H]32)C(N)=O)cc1. The smallest absolute Gasteiger partial charge is 0.315 e. The summed E-state index contributed by atoms with van der Waals surface area (Å²) in [6.45, 7) is -1.000. The minimum atomic E-state index is -4.70. The van der Waals surface area contributed by atoms with Crippen molar-refractivity contribution in [1.29, 1.82) is 0 Å². The van der Waals surface area contributed by atoms with Crippen LogP contribution in [-0.4, -0.2) is 156 Å². The molecule has 7 atom stereocenters. The summed E-state index contributed by atoms with van der Waals surface area (Å²) in [6.07, 6.45) is 4.04. The number of unbranched alkanes of at least 4 members (excludes halogenated alkanes) is 2. The van der Waals surface area contributed by atoms with E-state index >= 15 is 0 Å². The lowest BCUT2D eigenvalue weighted by Crippen LogP contribution is -2.57. The van der Waals surface area contributed by atoms with E-state index in [1.165, 1.54) is 37.2 Å². The molecule has 0 aliphatic carbocycles. The Morgan fingerprint density at radius 3 is 2.18 bits per heavy atom. The maximum absolute atomic E-state index is 13.8. The first kappa shape index (κ1) is 56.6. The normalized spacial score (nSPS) is 17.6. The molecule has 1 aromatic heterocycles. The van der Waals surface area contributed by atoms with Crippen LogP contribution in [0.1, 0.15) is 69.9 Å². The highest BCUT2D eigenvalue weighted by molar-refractivity contribution is 8.00. The summed E-state index contributed by atoms with van der Waals surface area (Å²) in [5, 5.41) is 27.6. The van der Waals surface area contributed by atoms with Gasteiger partial charge in [-0.15, -0.1) is 0 Å². The lowest BCUT2D eigenvalue weighted by molar-refractivity contribution is -0.134. The lowest BCUT2D eigenvalue weighted by atomic mass is 10.0. The number of nitrogens with two attached hydrogens (primary N) is 2. The van der Waals surface area contributed by atoms with Gasteiger partial charge in [-0.2, -0.15) is 11.8 Å². The quantitative estimate of drug-likeness (QED) is 0.0149. The van der Waals surface area contributed by atoms with Crippen molar-refractivity contribution in [2.75, 3.05) is 32.5 Å². The fourth-order valence-corrected chi connectivity index (χ4v) is 10.6. The van der Waals surface area contributed by atoms with E-state index in [2.05, 4.69) is 52.5 Å². The number of thioether (sulfide) groups is 1. The molecular weight excluding hydrogens is 975 g/mol. The van der Waals surface area contributed by atoms with Gasteiger partial charge in [0, 0.05) is 48.7 Å². The van der Waals surface area contributed by atoms with E-state index in [-0.39, 0.29) is 42.6 Å². The molecule has 390 valence electrons. The molecule has 0 radical (unpaired) electrons. The molecule has 1 aromatic carbocycles. The first-order valence-corrected chi connectivity index (χ1v) is 25.2. The monoisotopic (exact) mass is 1040 g/mol. The van der Waals surface area contributed by atoms with E-state index in [4.69, 9.17) is 21.4 Å². The van der Waals surface area contributed by atoms with Crippen molar-refractivity contribution in [3.05, 3.63) is 42.5 Å². The molecule has 29 heteroatoms. The summed E-state index contributed by atoms with van der Waals surface area (Å²) in [5.41, 5.74) is 12.4. The molecule has 2 aliphatic rings. The zero-order chi connectivity index (χ0) is 52.1. The molecule has 11 amide bonds. The third-order valence-electron chi connectivity index (χ3n) is 11.3. The average molecular weight is 1040 g/mol. The van der Waals surface area contributed by atoms with E-state index in [1.807, 2.05) is 11.8 Å². The molecule has 0 saturated carbocycles. The fraction of sp³-hybridized carbons (Fsp3) is 0.548. The van der Waals surface area contributed by atoms with Crippen LogP contribution in [0.5, 0.6) is 5.75 Å². The number of H-pyrrole nitrogens is 1. The van der Waals surface area contributed by atoms with Crippen LogP contribution in [0.3, 0.4) is 0 Å². The van der Waals surface area contributed by atoms with Crippen LogP contribution in [0, 0.1) is 0 Å². The Bertz CT molecular complexity index is 2320. The van der Waals surface area contributed by atoms with Crippen molar-refractivity contribution in [1.82, 2.24) is 58.0 Å². The predicted molar refractivity (Wildman–Crippen MR) is 251 cm³/mol. The highest BCUT2D eigenvalue weighted by Gasteiger charge is 2.43. The van der Waals surface area contributed by atoms with Gasteiger partial charge in [-0.05, 0) is 62.8 Å². The van der Waals surface area contributed by atoms with Crippen LogP contribution in [-0.2, 0) is 59.4 Å². The van der Waals surface area contributed by atoms with Gasteiger partial charge >= 0.3 is 6.03 Å². The number of hydroxylamine groups is 1. The van der Waals surface area contributed by atoms with Gasteiger partial charge in [-0.25, -0.2) is 23.7 Å². The number of nitrogens with zero attached hydrogens (tertiary/aromatic N) is 1. The molecule has 2 saturated heterocycles. The molecule has 3 heterocycles. The summed E-state index contributed by atoms with van der Waals surface area (Å²) in [4.78, 5) is 132. The van der Waals surface area contributed by atoms with Gasteiger partial charge in [0.25, 0.3) is 0 Å². The second-order valence-corrected chi connectivity index (χ2v) is 20.0. The average Bonchev–Trinajstić information content (AvgIpc) is 4.09. The van der Waals surface area contributed by atoms with Crippen LogP contribution < -0.4 is 64.2 Å². The Morgan fingerprint density at radius 1 is 0.803 bits per heavy atom. The van der Waals surface area contributed by atoms with Gasteiger partial charge in [0.1, 0.15) is 23.9 Å². The number of aromatic amines is 1. The Labute approximate surface area is 412 Å². The Kier molecular flexibility index (Phi) is 22.3. The van der Waals surface area contributed by atoms with Gasteiger partial charge in [-0.1, -0.05) is 6.42 Å². The van der Waals surface area contributed by atoms with Crippen molar-refractivity contribution >= 4 is 80.8 Å². The largest absolute Gasteiger partial charge is 0.497 e. The van der Waals surface area contributed by atoms with Crippen LogP contribution in [0.25, 0.3) is 0 Å². The summed E-state index contributed by atoms with van der Waals surface area (Å²) >= 11 is 1.81. The number of sulfone groups is 1. The first-order chi connectivity index (χ1) is 33.8. The van der Waals surface area contributed by atoms with Crippen molar-refractivity contribution in [2.24, 2.45) is 11.5 Å². The number of ether oxygens (including phenoxy) is 1. The number of nitrogens with one attached hydrogen (secondary N) is 10. The minimum absolute atomic E-state index is 0.112. The molecule has 2 aromatic rings. The number of rotatable bonds is 31. The van der Waals surface area contributed by atoms with Gasteiger partial charge in [0.05, 0.1) is 49.9 Å². The molecule has 4 rings (SSSR count). The van der Waals surface area contributed by atoms with Gasteiger partial charge < -0.3 is 63.7 Å². The van der Waals surface area contributed by atoms with Gasteiger partial charge in [-0.3, -0.25) is 48.4 Å². The molecule has 0 bridgehead atoms. The molecule has 2 aliphatic heterocycles. The number of carbonyl (C=O) groups excluding carboxylic acids is 10. The zero-order valence-electron chi connectivity index (χ0n) is 38.8. The molecular formula is C42H61N13O14S2. The standard InChI is InChI=1S/C42H61N13O14S2/c1-69-24-9-11-25(12-10-24)71(67,68)31(17-34(58)55-66)41(64)51-27(13-14-32(43)56)40(63)52-28(16-23-18-45-22-49-23)39(62)48-19-35(59)47-20-36(60)50-26(38(44)61)6-4-5-15-46-33(57)8-3-2-7-30-37-29(21-70-30)53-42(65)54-37/h9-12,18,22,26-31,37,66H,2-8,13-17,19-21H2,1H3,(H2,43,56)(H2,44,61)(H,45,49)(H,46,57)(H,47,59)(H,48,62)(H,50,60)(H,51,64)(H,52,63)(H,55,58)(H2,53,54,65)/t26-,27-,28-,29-,30-,31?,37-/m0/s1. The minimum Gasteiger partial charge on any atom is -0.497 e. The van der Waals surface area contributed by atoms with Crippen LogP contribution in [0.4, 0.5) is 4.79 Å². The highest BCUT2D eigenvalue weighted by atomic mass is 32.2. The number of urea groups is 1. The lowest BCUT2D eigenvalue weighted by Gasteiger charge is -2.24. The number of benzene rings is 1. The number of aromatic nitrogens is 2. The third-order valence-corrected chi connectivity index (χ3v) is 14.9. The number of amides is 11. The van der Waals surface area contributed by atoms with Gasteiger partial charge in [0.2, 0.25) is 53.2 Å². The second kappa shape index (κ2) is 28.0. The van der Waals surface area contributed by atoms with Gasteiger partial charge in [0.15, 0.2) is 15.1 Å². The number of fused-ring (bicyclic) bond motifs is 1. The number of hydrogen-bond donors (Lipinski definition) is 13. The Hall–Kier alpha value is -7.01. The van der Waals surface area contributed by atoms with Crippen LogP contribution >= 0.6 is 11.8 Å². The highest BCUT2D eigenvalue weighted by Crippen LogP contribution is 2.33. The number of methoxy groups -OCH3 is 1. The summed E-state index contributed by atoms with van der Waals surface area (Å²) in [5.74, 6) is -7.06. The van der Waals surface area contributed by atoms with E-state index < -0.39 is 118 Å².